The summed E-state index contributed by atoms with van der Waals surface area (Å²) in [6.07, 6.45) is 1.77. The third kappa shape index (κ3) is 3.60. The number of nitrogens with one attached hydrogen (secondary N) is 1. The van der Waals surface area contributed by atoms with E-state index in [1.807, 2.05) is 13.8 Å². The summed E-state index contributed by atoms with van der Waals surface area (Å²) >= 11 is 7.77. The van der Waals surface area contributed by atoms with Gasteiger partial charge in [0.05, 0.1) is 27.9 Å². The number of fused-ring (bicyclic) bond motifs is 1. The number of imidazole rings is 1. The van der Waals surface area contributed by atoms with Crippen LogP contribution in [0.15, 0.2) is 29.6 Å². The third-order valence-electron chi connectivity index (χ3n) is 3.42. The smallest absolute Gasteiger partial charge is 0.166 e. The monoisotopic (exact) mass is 354 g/mol. The van der Waals surface area contributed by atoms with Gasteiger partial charge in [-0.1, -0.05) is 23.4 Å². The summed E-state index contributed by atoms with van der Waals surface area (Å²) < 4.78 is 26.4. The summed E-state index contributed by atoms with van der Waals surface area (Å²) in [4.78, 5) is 12.1. The third-order valence-corrected chi connectivity index (χ3v) is 4.88. The number of pyridine rings is 1. The van der Waals surface area contributed by atoms with E-state index in [1.165, 1.54) is 11.8 Å². The average Bonchev–Trinajstić information content (AvgIpc) is 2.92. The highest BCUT2D eigenvalue weighted by molar-refractivity contribution is 7.98. The average molecular weight is 355 g/mol. The van der Waals surface area contributed by atoms with Crippen LogP contribution in [-0.4, -0.2) is 27.5 Å². The van der Waals surface area contributed by atoms with Crippen LogP contribution in [-0.2, 0) is 5.75 Å². The minimum Gasteiger partial charge on any atom is -0.497 e. The molecule has 2 aromatic heterocycles. The molecule has 122 valence electrons. The van der Waals surface area contributed by atoms with Crippen LogP contribution < -0.4 is 4.74 Å². The summed E-state index contributed by atoms with van der Waals surface area (Å²) in [5, 5.41) is 1.46. The molecule has 0 saturated heterocycles. The molecule has 0 atom stereocenters. The van der Waals surface area contributed by atoms with Crippen LogP contribution in [0.25, 0.3) is 11.0 Å². The highest BCUT2D eigenvalue weighted by Crippen LogP contribution is 2.28. The van der Waals surface area contributed by atoms with Crippen molar-refractivity contribution in [2.45, 2.75) is 24.8 Å². The number of hydrogen-bond acceptors (Lipinski definition) is 4. The molecule has 0 radical (unpaired) electrons. The number of thioether (sulfide) groups is 1. The summed E-state index contributed by atoms with van der Waals surface area (Å²) in [7, 11) is -2.47. The zero-order valence-corrected chi connectivity index (χ0v) is 14.2. The van der Waals surface area contributed by atoms with Crippen molar-refractivity contribution in [3.8, 4) is 5.75 Å². The lowest BCUT2D eigenvalue weighted by Gasteiger charge is -2.07. The standard InChI is InChI=1S/C16H16ClN3OS.H2O/c1-9-7-18-14(10(2)15(9)17)8-22-16-19-12-5-4-11(21-3)6-13(12)20-16;/h4-7H,8H2,1-3H3,(H,19,20);1H2/i3D3;. The molecular formula is C16H18ClN3O2S. The molecule has 23 heavy (non-hydrogen) atoms. The minimum atomic E-state index is -2.47. The SMILES string of the molecule is O.[2H]C([2H])([2H])Oc1ccc2nc(SCc3ncc(C)c(Cl)c3C)[nH]c2c1. The summed E-state index contributed by atoms with van der Waals surface area (Å²) in [6.45, 7) is 3.88. The van der Waals surface area contributed by atoms with Crippen LogP contribution in [0.5, 0.6) is 5.75 Å². The Labute approximate surface area is 148 Å². The quantitative estimate of drug-likeness (QED) is 0.724. The fraction of sp³-hybridized carbons (Fsp3) is 0.250. The second-order valence-electron chi connectivity index (χ2n) is 4.94. The molecule has 3 rings (SSSR count). The number of ether oxygens (including phenoxy) is 1. The van der Waals surface area contributed by atoms with Gasteiger partial charge in [-0.25, -0.2) is 4.98 Å². The molecule has 2 heterocycles. The number of H-pyrrole nitrogens is 1. The molecule has 0 bridgehead atoms. The number of benzene rings is 1. The van der Waals surface area contributed by atoms with Crippen molar-refractivity contribution < 1.29 is 14.3 Å². The van der Waals surface area contributed by atoms with Gasteiger partial charge in [0.25, 0.3) is 0 Å². The lowest BCUT2D eigenvalue weighted by molar-refractivity contribution is 0.415. The fourth-order valence-corrected chi connectivity index (χ4v) is 3.20. The maximum Gasteiger partial charge on any atom is 0.166 e. The number of nitrogens with zero attached hydrogens (tertiary/aromatic N) is 2. The van der Waals surface area contributed by atoms with Gasteiger partial charge >= 0.3 is 0 Å². The molecule has 7 heteroatoms. The summed E-state index contributed by atoms with van der Waals surface area (Å²) in [6, 6.07) is 4.95. The fourth-order valence-electron chi connectivity index (χ4n) is 2.13. The van der Waals surface area contributed by atoms with E-state index >= 15 is 0 Å². The molecule has 1 aromatic carbocycles. The minimum absolute atomic E-state index is 0. The Balaban J connectivity index is 0.00000243. The first kappa shape index (κ1) is 13.7. The van der Waals surface area contributed by atoms with Gasteiger partial charge in [0.1, 0.15) is 5.75 Å². The van der Waals surface area contributed by atoms with Crippen molar-refractivity contribution in [1.82, 2.24) is 15.0 Å². The van der Waals surface area contributed by atoms with E-state index < -0.39 is 7.04 Å². The first-order chi connectivity index (χ1) is 11.7. The second kappa shape index (κ2) is 7.21. The van der Waals surface area contributed by atoms with Crippen molar-refractivity contribution in [1.29, 1.82) is 0 Å². The van der Waals surface area contributed by atoms with Gasteiger partial charge in [-0.05, 0) is 37.1 Å². The zero-order chi connectivity index (χ0) is 18.2. The van der Waals surface area contributed by atoms with Crippen molar-refractivity contribution in [2.24, 2.45) is 0 Å². The number of aryl methyl sites for hydroxylation is 1. The molecule has 5 nitrogen and oxygen atoms in total. The van der Waals surface area contributed by atoms with Gasteiger partial charge in [-0.15, -0.1) is 0 Å². The number of aromatic nitrogens is 3. The maximum absolute atomic E-state index is 7.16. The summed E-state index contributed by atoms with van der Waals surface area (Å²) in [5.41, 5.74) is 4.30. The number of halogens is 1. The first-order valence-corrected chi connectivity index (χ1v) is 8.01. The van der Waals surface area contributed by atoms with Crippen molar-refractivity contribution in [2.75, 3.05) is 7.04 Å². The number of rotatable bonds is 4. The predicted molar refractivity (Wildman–Crippen MR) is 94.5 cm³/mol. The van der Waals surface area contributed by atoms with Crippen molar-refractivity contribution in [3.05, 3.63) is 46.2 Å². The van der Waals surface area contributed by atoms with Crippen LogP contribution >= 0.6 is 23.4 Å². The Morgan fingerprint density at radius 1 is 1.39 bits per heavy atom. The van der Waals surface area contributed by atoms with Gasteiger partial charge < -0.3 is 15.2 Å². The molecule has 3 N–H and O–H groups in total. The molecule has 0 unspecified atom stereocenters. The van der Waals surface area contributed by atoms with Crippen LogP contribution in [0.2, 0.25) is 5.02 Å². The van der Waals surface area contributed by atoms with E-state index in [-0.39, 0.29) is 11.2 Å². The van der Waals surface area contributed by atoms with Gasteiger partial charge in [0.2, 0.25) is 0 Å². The molecule has 0 amide bonds. The topological polar surface area (TPSA) is 82.3 Å². The lowest BCUT2D eigenvalue weighted by atomic mass is 10.2. The van der Waals surface area contributed by atoms with E-state index in [9.17, 15) is 0 Å². The Kier molecular flexibility index (Phi) is 4.28. The van der Waals surface area contributed by atoms with E-state index in [1.54, 1.807) is 24.4 Å². The van der Waals surface area contributed by atoms with E-state index in [0.29, 0.717) is 5.75 Å². The Hall–Kier alpha value is -1.76. The number of hydrogen-bond donors (Lipinski definition) is 1. The van der Waals surface area contributed by atoms with Crippen molar-refractivity contribution in [3.63, 3.8) is 0 Å². The predicted octanol–water partition coefficient (Wildman–Crippen LogP) is 3.70. The Morgan fingerprint density at radius 3 is 3.00 bits per heavy atom. The van der Waals surface area contributed by atoms with E-state index in [2.05, 4.69) is 15.0 Å². The molecule has 0 aliphatic heterocycles. The molecule has 0 saturated carbocycles. The molecule has 0 aliphatic carbocycles. The summed E-state index contributed by atoms with van der Waals surface area (Å²) in [5.74, 6) is 0.903. The normalized spacial score (nSPS) is 13.1. The zero-order valence-electron chi connectivity index (χ0n) is 15.6. The molecule has 3 aromatic rings. The molecule has 0 spiro atoms. The molecule has 0 fully saturated rings. The Bertz CT molecular complexity index is 931. The number of methoxy groups -OCH3 is 1. The van der Waals surface area contributed by atoms with Crippen LogP contribution in [0, 0.1) is 13.8 Å². The lowest BCUT2D eigenvalue weighted by Crippen LogP contribution is -1.95. The van der Waals surface area contributed by atoms with Gasteiger partial charge in [0.15, 0.2) is 5.16 Å². The number of aromatic amines is 1. The van der Waals surface area contributed by atoms with Crippen molar-refractivity contribution >= 4 is 34.4 Å². The highest BCUT2D eigenvalue weighted by Gasteiger charge is 2.10. The maximum atomic E-state index is 7.16. The van der Waals surface area contributed by atoms with Crippen LogP contribution in [0.1, 0.15) is 20.9 Å². The van der Waals surface area contributed by atoms with E-state index in [0.717, 1.165) is 38.0 Å². The largest absolute Gasteiger partial charge is 0.497 e. The molecule has 0 aliphatic rings. The first-order valence-electron chi connectivity index (χ1n) is 8.15. The highest BCUT2D eigenvalue weighted by atomic mass is 35.5. The van der Waals surface area contributed by atoms with Gasteiger partial charge in [-0.2, -0.15) is 0 Å². The second-order valence-corrected chi connectivity index (χ2v) is 6.28. The van der Waals surface area contributed by atoms with Crippen LogP contribution in [0.4, 0.5) is 0 Å². The van der Waals surface area contributed by atoms with Gasteiger partial charge in [0, 0.05) is 23.0 Å². The van der Waals surface area contributed by atoms with E-state index in [4.69, 9.17) is 20.5 Å². The van der Waals surface area contributed by atoms with Crippen LogP contribution in [0.3, 0.4) is 0 Å². The Morgan fingerprint density at radius 2 is 2.22 bits per heavy atom. The van der Waals surface area contributed by atoms with Gasteiger partial charge in [-0.3, -0.25) is 4.98 Å². The molecular weight excluding hydrogens is 334 g/mol.